The smallest absolute Gasteiger partial charge is 0.237 e. The number of imide groups is 1. The first kappa shape index (κ1) is 24.7. The molecule has 0 bridgehead atoms. The summed E-state index contributed by atoms with van der Waals surface area (Å²) in [7, 11) is 0. The number of rotatable bonds is 15. The number of carbonyl (C=O) groups excluding carboxylic acids is 5. The quantitative estimate of drug-likeness (QED) is 0.157. The molecule has 0 aliphatic carbocycles. The summed E-state index contributed by atoms with van der Waals surface area (Å²) < 4.78 is 10.2. The van der Waals surface area contributed by atoms with Crippen LogP contribution >= 0.6 is 0 Å². The Balaban J connectivity index is 2.04. The van der Waals surface area contributed by atoms with Crippen LogP contribution in [0.25, 0.3) is 0 Å². The van der Waals surface area contributed by atoms with E-state index in [2.05, 4.69) is 10.6 Å². The van der Waals surface area contributed by atoms with Crippen molar-refractivity contribution in [3.63, 3.8) is 0 Å². The van der Waals surface area contributed by atoms with Gasteiger partial charge in [-0.25, -0.2) is 0 Å². The van der Waals surface area contributed by atoms with Crippen LogP contribution in [0.5, 0.6) is 0 Å². The van der Waals surface area contributed by atoms with Crippen LogP contribution in [0.15, 0.2) is 0 Å². The normalized spacial score (nSPS) is 17.3. The highest BCUT2D eigenvalue weighted by Crippen LogP contribution is 2.17. The molecule has 0 aromatic heterocycles. The van der Waals surface area contributed by atoms with Crippen LogP contribution in [0, 0.1) is 5.92 Å². The first-order chi connectivity index (χ1) is 13.9. The lowest BCUT2D eigenvalue weighted by molar-refractivity contribution is -0.140. The Labute approximate surface area is 169 Å². The molecule has 2 unspecified atom stereocenters. The van der Waals surface area contributed by atoms with E-state index in [1.165, 1.54) is 4.90 Å². The Morgan fingerprint density at radius 3 is 2.55 bits per heavy atom. The van der Waals surface area contributed by atoms with Gasteiger partial charge in [0.15, 0.2) is 0 Å². The molecule has 11 nitrogen and oxygen atoms in total. The number of nitrogens with zero attached hydrogens (tertiary/aromatic N) is 1. The average Bonchev–Trinajstić information content (AvgIpc) is 2.93. The van der Waals surface area contributed by atoms with E-state index < -0.39 is 11.9 Å². The molecule has 0 saturated carbocycles. The highest BCUT2D eigenvalue weighted by atomic mass is 16.5. The summed E-state index contributed by atoms with van der Waals surface area (Å²) in [4.78, 5) is 58.1. The minimum absolute atomic E-state index is 0.0155. The predicted octanol–water partition coefficient (Wildman–Crippen LogP) is -2.05. The van der Waals surface area contributed by atoms with Crippen LogP contribution in [0.4, 0.5) is 0 Å². The molecule has 1 heterocycles. The fourth-order valence-corrected chi connectivity index (χ4v) is 2.62. The van der Waals surface area contributed by atoms with E-state index in [0.717, 1.165) is 0 Å². The maximum atomic E-state index is 11.9. The molecule has 1 rings (SSSR count). The molecule has 1 aliphatic rings. The van der Waals surface area contributed by atoms with Gasteiger partial charge < -0.3 is 30.6 Å². The van der Waals surface area contributed by atoms with Gasteiger partial charge in [-0.1, -0.05) is 6.92 Å². The molecule has 4 amide bonds. The van der Waals surface area contributed by atoms with Gasteiger partial charge in [0.2, 0.25) is 23.6 Å². The summed E-state index contributed by atoms with van der Waals surface area (Å²) in [5.41, 5.74) is 5.75. The van der Waals surface area contributed by atoms with Gasteiger partial charge in [0.1, 0.15) is 12.9 Å². The molecule has 0 radical (unpaired) electrons. The first-order valence-electron chi connectivity index (χ1n) is 9.60. The first-order valence-corrected chi connectivity index (χ1v) is 9.60. The van der Waals surface area contributed by atoms with Gasteiger partial charge in [-0.15, -0.1) is 0 Å². The summed E-state index contributed by atoms with van der Waals surface area (Å²) in [6, 6.07) is -0.826. The van der Waals surface area contributed by atoms with Crippen LogP contribution in [-0.4, -0.2) is 86.9 Å². The van der Waals surface area contributed by atoms with E-state index in [1.54, 1.807) is 6.92 Å². The van der Waals surface area contributed by atoms with E-state index >= 15 is 0 Å². The molecule has 0 aromatic carbocycles. The zero-order valence-electron chi connectivity index (χ0n) is 16.7. The lowest BCUT2D eigenvalue weighted by Gasteiger charge is -2.15. The minimum Gasteiger partial charge on any atom is -0.378 e. The van der Waals surface area contributed by atoms with Gasteiger partial charge in [-0.05, 0) is 6.42 Å². The third kappa shape index (κ3) is 9.59. The van der Waals surface area contributed by atoms with E-state index in [1.807, 2.05) is 0 Å². The highest BCUT2D eigenvalue weighted by molar-refractivity contribution is 6.03. The molecular formula is C18H30N4O7. The SMILES string of the molecule is CC1CC(=O)N(CCOCCNC(=O)C(N)CCC(=O)NCCOCC=O)C1=O. The van der Waals surface area contributed by atoms with Crippen molar-refractivity contribution in [2.75, 3.05) is 46.1 Å². The number of amides is 4. The molecule has 0 aromatic rings. The Morgan fingerprint density at radius 1 is 1.21 bits per heavy atom. The minimum atomic E-state index is -0.826. The van der Waals surface area contributed by atoms with Crippen LogP contribution in [-0.2, 0) is 33.4 Å². The summed E-state index contributed by atoms with van der Waals surface area (Å²) >= 11 is 0. The monoisotopic (exact) mass is 414 g/mol. The molecule has 1 fully saturated rings. The lowest BCUT2D eigenvalue weighted by Crippen LogP contribution is -2.42. The second kappa shape index (κ2) is 13.7. The van der Waals surface area contributed by atoms with E-state index in [0.29, 0.717) is 6.29 Å². The van der Waals surface area contributed by atoms with Crippen molar-refractivity contribution in [1.82, 2.24) is 15.5 Å². The standard InChI is InChI=1S/C18H30N4O7/c1-13-12-16(25)22(18(13)27)6-10-28-9-5-21-17(26)14(19)2-3-15(24)20-4-8-29-11-7-23/h7,13-14H,2-6,8-12,19H2,1H3,(H,20,24)(H,21,26). The Morgan fingerprint density at radius 2 is 1.90 bits per heavy atom. The lowest BCUT2D eigenvalue weighted by atomic mass is 10.1. The number of carbonyl (C=O) groups is 5. The van der Waals surface area contributed by atoms with E-state index in [9.17, 15) is 24.0 Å². The second-order valence-electron chi connectivity index (χ2n) is 6.63. The van der Waals surface area contributed by atoms with Crippen molar-refractivity contribution in [2.45, 2.75) is 32.2 Å². The van der Waals surface area contributed by atoms with E-state index in [-0.39, 0.29) is 89.0 Å². The third-order valence-electron chi connectivity index (χ3n) is 4.25. The van der Waals surface area contributed by atoms with Gasteiger partial charge in [-0.3, -0.25) is 24.1 Å². The van der Waals surface area contributed by atoms with E-state index in [4.69, 9.17) is 15.2 Å². The summed E-state index contributed by atoms with van der Waals surface area (Å²) in [6.07, 6.45) is 1.14. The van der Waals surface area contributed by atoms with Gasteiger partial charge >= 0.3 is 0 Å². The molecule has 0 spiro atoms. The van der Waals surface area contributed by atoms with Gasteiger partial charge in [0.05, 0.1) is 32.4 Å². The van der Waals surface area contributed by atoms with Crippen molar-refractivity contribution in [3.05, 3.63) is 0 Å². The number of nitrogens with two attached hydrogens (primary N) is 1. The largest absolute Gasteiger partial charge is 0.378 e. The van der Waals surface area contributed by atoms with Crippen molar-refractivity contribution >= 4 is 29.9 Å². The number of hydrogen-bond donors (Lipinski definition) is 3. The molecule has 4 N–H and O–H groups in total. The molecule has 11 heteroatoms. The predicted molar refractivity (Wildman–Crippen MR) is 101 cm³/mol. The summed E-state index contributed by atoms with van der Waals surface area (Å²) in [6.45, 7) is 3.05. The number of ether oxygens (including phenoxy) is 2. The van der Waals surface area contributed by atoms with Gasteiger partial charge in [0, 0.05) is 31.8 Å². The maximum Gasteiger partial charge on any atom is 0.237 e. The number of nitrogens with one attached hydrogen (secondary N) is 2. The molecule has 2 atom stereocenters. The van der Waals surface area contributed by atoms with Crippen LogP contribution in [0.2, 0.25) is 0 Å². The van der Waals surface area contributed by atoms with Crippen molar-refractivity contribution in [1.29, 1.82) is 0 Å². The average molecular weight is 414 g/mol. The van der Waals surface area contributed by atoms with Crippen LogP contribution in [0.1, 0.15) is 26.2 Å². The maximum absolute atomic E-state index is 11.9. The van der Waals surface area contributed by atoms with Crippen molar-refractivity contribution in [3.8, 4) is 0 Å². The number of likely N-dealkylation sites (tertiary alicyclic amines) is 1. The fourth-order valence-electron chi connectivity index (χ4n) is 2.62. The number of aldehydes is 1. The molecule has 1 saturated heterocycles. The highest BCUT2D eigenvalue weighted by Gasteiger charge is 2.34. The fraction of sp³-hybridized carbons (Fsp3) is 0.722. The van der Waals surface area contributed by atoms with Crippen molar-refractivity contribution < 1.29 is 33.4 Å². The molecular weight excluding hydrogens is 384 g/mol. The van der Waals surface area contributed by atoms with Crippen LogP contribution < -0.4 is 16.4 Å². The number of hydrogen-bond acceptors (Lipinski definition) is 8. The zero-order valence-corrected chi connectivity index (χ0v) is 16.7. The second-order valence-corrected chi connectivity index (χ2v) is 6.63. The molecule has 1 aliphatic heterocycles. The third-order valence-corrected chi connectivity index (χ3v) is 4.25. The van der Waals surface area contributed by atoms with Crippen molar-refractivity contribution in [2.24, 2.45) is 11.7 Å². The molecule has 29 heavy (non-hydrogen) atoms. The van der Waals surface area contributed by atoms with Gasteiger partial charge in [-0.2, -0.15) is 0 Å². The Hall–Kier alpha value is -2.37. The Kier molecular flexibility index (Phi) is 11.7. The summed E-state index contributed by atoms with van der Waals surface area (Å²) in [5, 5.41) is 5.20. The van der Waals surface area contributed by atoms with Crippen LogP contribution in [0.3, 0.4) is 0 Å². The summed E-state index contributed by atoms with van der Waals surface area (Å²) in [5.74, 6) is -1.31. The topological polar surface area (TPSA) is 157 Å². The molecule has 164 valence electrons. The zero-order chi connectivity index (χ0) is 21.6. The Bertz CT molecular complexity index is 585. The van der Waals surface area contributed by atoms with Gasteiger partial charge in [0.25, 0.3) is 0 Å².